The van der Waals surface area contributed by atoms with Gasteiger partial charge in [-0.25, -0.2) is 0 Å². The summed E-state index contributed by atoms with van der Waals surface area (Å²) in [4.78, 5) is 1.39. The van der Waals surface area contributed by atoms with Crippen LogP contribution in [0.3, 0.4) is 0 Å². The lowest BCUT2D eigenvalue weighted by Crippen LogP contribution is -2.32. The molecule has 1 aromatic rings. The van der Waals surface area contributed by atoms with E-state index in [0.717, 1.165) is 6.54 Å². The van der Waals surface area contributed by atoms with E-state index in [9.17, 15) is 0 Å². The van der Waals surface area contributed by atoms with Crippen LogP contribution in [0.15, 0.2) is 28.2 Å². The first-order valence-corrected chi connectivity index (χ1v) is 6.37. The van der Waals surface area contributed by atoms with Crippen LogP contribution in [0.1, 0.15) is 17.5 Å². The van der Waals surface area contributed by atoms with Crippen molar-refractivity contribution in [1.29, 1.82) is 0 Å². The van der Waals surface area contributed by atoms with Crippen molar-refractivity contribution in [3.8, 4) is 0 Å². The Hall–Kier alpha value is -0.960. The second kappa shape index (κ2) is 3.56. The van der Waals surface area contributed by atoms with E-state index in [1.807, 2.05) is 11.8 Å². The fraction of sp³-hybridized carbons (Fsp3) is 0.417. The number of hydrogen-bond acceptors (Lipinski definition) is 3. The molecule has 2 aliphatic rings. The Labute approximate surface area is 94.1 Å². The van der Waals surface area contributed by atoms with Gasteiger partial charge in [0.2, 0.25) is 0 Å². The third-order valence-corrected chi connectivity index (χ3v) is 4.28. The molecule has 3 heteroatoms. The summed E-state index contributed by atoms with van der Waals surface area (Å²) in [6.45, 7) is 3.17. The largest absolute Gasteiger partial charge is 0.310 e. The van der Waals surface area contributed by atoms with E-state index >= 15 is 0 Å². The number of fused-ring (bicyclic) bond motifs is 3. The van der Waals surface area contributed by atoms with Gasteiger partial charge >= 0.3 is 0 Å². The third kappa shape index (κ3) is 1.55. The lowest BCUT2D eigenvalue weighted by molar-refractivity contribution is 0.574. The zero-order valence-electron chi connectivity index (χ0n) is 8.79. The van der Waals surface area contributed by atoms with Gasteiger partial charge in [0.1, 0.15) is 0 Å². The predicted octanol–water partition coefficient (Wildman–Crippen LogP) is 2.41. The van der Waals surface area contributed by atoms with Crippen LogP contribution in [-0.4, -0.2) is 18.0 Å². The first kappa shape index (κ1) is 9.28. The highest BCUT2D eigenvalue weighted by Crippen LogP contribution is 2.35. The molecule has 0 radical (unpaired) electrons. The van der Waals surface area contributed by atoms with Crippen molar-refractivity contribution in [3.63, 3.8) is 0 Å². The van der Waals surface area contributed by atoms with Crippen LogP contribution in [0, 0.1) is 12.8 Å². The number of hydrogen-bond donors (Lipinski definition) is 1. The molecule has 2 aliphatic heterocycles. The zero-order chi connectivity index (χ0) is 10.3. The van der Waals surface area contributed by atoms with Crippen LogP contribution >= 0.6 is 11.8 Å². The van der Waals surface area contributed by atoms with Crippen LogP contribution < -0.4 is 5.43 Å². The van der Waals surface area contributed by atoms with Crippen molar-refractivity contribution in [3.05, 3.63) is 29.3 Å². The molecular weight excluding hydrogens is 204 g/mol. The lowest BCUT2D eigenvalue weighted by Gasteiger charge is -2.29. The molecule has 0 saturated carbocycles. The maximum Gasteiger partial charge on any atom is 0.0726 e. The quantitative estimate of drug-likeness (QED) is 0.723. The van der Waals surface area contributed by atoms with Crippen LogP contribution in [0.2, 0.25) is 0 Å². The monoisotopic (exact) mass is 218 g/mol. The normalized spacial score (nSPS) is 23.5. The number of aryl methyl sites for hydroxylation is 1. The van der Waals surface area contributed by atoms with Crippen LogP contribution in [0.5, 0.6) is 0 Å². The smallest absolute Gasteiger partial charge is 0.0726 e. The molecule has 15 heavy (non-hydrogen) atoms. The first-order chi connectivity index (χ1) is 7.34. The summed E-state index contributed by atoms with van der Waals surface area (Å²) in [5, 5.41) is 4.49. The van der Waals surface area contributed by atoms with E-state index < -0.39 is 0 Å². The van der Waals surface area contributed by atoms with E-state index in [2.05, 4.69) is 35.7 Å². The SMILES string of the molecule is Cc1ccc2c(c1)C1=NNCCC1CS2. The Kier molecular flexibility index (Phi) is 2.20. The molecule has 0 fully saturated rings. The van der Waals surface area contributed by atoms with Gasteiger partial charge in [-0.05, 0) is 25.5 Å². The van der Waals surface area contributed by atoms with Crippen molar-refractivity contribution < 1.29 is 0 Å². The molecule has 2 nitrogen and oxygen atoms in total. The molecule has 1 aromatic carbocycles. The van der Waals surface area contributed by atoms with Crippen LogP contribution in [0.4, 0.5) is 0 Å². The average molecular weight is 218 g/mol. The molecule has 0 aliphatic carbocycles. The van der Waals surface area contributed by atoms with Crippen molar-refractivity contribution in [2.75, 3.05) is 12.3 Å². The summed E-state index contributed by atoms with van der Waals surface area (Å²) >= 11 is 1.97. The Morgan fingerprint density at radius 2 is 2.40 bits per heavy atom. The minimum Gasteiger partial charge on any atom is -0.310 e. The number of benzene rings is 1. The number of nitrogens with one attached hydrogen (secondary N) is 1. The number of rotatable bonds is 0. The molecule has 0 spiro atoms. The van der Waals surface area contributed by atoms with Gasteiger partial charge < -0.3 is 5.43 Å². The topological polar surface area (TPSA) is 24.4 Å². The zero-order valence-corrected chi connectivity index (χ0v) is 9.60. The minimum atomic E-state index is 0.658. The summed E-state index contributed by atoms with van der Waals surface area (Å²) in [5.74, 6) is 1.85. The molecule has 2 heterocycles. The van der Waals surface area contributed by atoms with Gasteiger partial charge in [-0.15, -0.1) is 11.8 Å². The summed E-state index contributed by atoms with van der Waals surface area (Å²) < 4.78 is 0. The standard InChI is InChI=1S/C12H14N2S/c1-8-2-3-11-10(6-8)12-9(7-15-11)4-5-13-14-12/h2-3,6,9,13H,4-5,7H2,1H3. The molecule has 1 unspecified atom stereocenters. The molecule has 0 aromatic heterocycles. The predicted molar refractivity (Wildman–Crippen MR) is 64.5 cm³/mol. The van der Waals surface area contributed by atoms with Gasteiger partial charge in [-0.2, -0.15) is 5.10 Å². The molecule has 3 rings (SSSR count). The van der Waals surface area contributed by atoms with Crippen LogP contribution in [0.25, 0.3) is 0 Å². The maximum atomic E-state index is 4.49. The fourth-order valence-corrected chi connectivity index (χ4v) is 3.40. The second-order valence-electron chi connectivity index (χ2n) is 4.20. The highest BCUT2D eigenvalue weighted by molar-refractivity contribution is 7.99. The van der Waals surface area contributed by atoms with Crippen molar-refractivity contribution in [2.45, 2.75) is 18.2 Å². The van der Waals surface area contributed by atoms with E-state index in [-0.39, 0.29) is 0 Å². The van der Waals surface area contributed by atoms with Gasteiger partial charge in [0.15, 0.2) is 0 Å². The van der Waals surface area contributed by atoms with Crippen molar-refractivity contribution in [1.82, 2.24) is 5.43 Å². The van der Waals surface area contributed by atoms with Crippen molar-refractivity contribution in [2.24, 2.45) is 11.0 Å². The fourth-order valence-electron chi connectivity index (χ4n) is 2.21. The molecule has 0 amide bonds. The molecule has 1 N–H and O–H groups in total. The summed E-state index contributed by atoms with van der Waals surface area (Å²) in [5.41, 5.74) is 7.07. The second-order valence-corrected chi connectivity index (χ2v) is 5.26. The summed E-state index contributed by atoms with van der Waals surface area (Å²) in [6.07, 6.45) is 1.22. The van der Waals surface area contributed by atoms with E-state index in [1.54, 1.807) is 0 Å². The van der Waals surface area contributed by atoms with E-state index in [0.29, 0.717) is 5.92 Å². The molecular formula is C12H14N2S. The summed E-state index contributed by atoms with van der Waals surface area (Å²) in [7, 11) is 0. The van der Waals surface area contributed by atoms with Gasteiger partial charge in [-0.1, -0.05) is 11.6 Å². The number of nitrogens with zero attached hydrogens (tertiary/aromatic N) is 1. The Morgan fingerprint density at radius 3 is 3.33 bits per heavy atom. The highest BCUT2D eigenvalue weighted by atomic mass is 32.2. The van der Waals surface area contributed by atoms with Crippen molar-refractivity contribution >= 4 is 17.5 Å². The Morgan fingerprint density at radius 1 is 1.47 bits per heavy atom. The molecule has 0 saturated heterocycles. The Balaban J connectivity index is 2.12. The summed E-state index contributed by atoms with van der Waals surface area (Å²) in [6, 6.07) is 6.67. The lowest BCUT2D eigenvalue weighted by atomic mass is 9.93. The number of thioether (sulfide) groups is 1. The molecule has 0 bridgehead atoms. The third-order valence-electron chi connectivity index (χ3n) is 3.04. The molecule has 1 atom stereocenters. The maximum absolute atomic E-state index is 4.49. The first-order valence-electron chi connectivity index (χ1n) is 5.39. The van der Waals surface area contributed by atoms with Crippen LogP contribution in [-0.2, 0) is 0 Å². The highest BCUT2D eigenvalue weighted by Gasteiger charge is 2.27. The minimum absolute atomic E-state index is 0.658. The van der Waals surface area contributed by atoms with E-state index in [1.165, 1.54) is 33.9 Å². The number of hydrazone groups is 1. The average Bonchev–Trinajstić information content (AvgIpc) is 2.29. The van der Waals surface area contributed by atoms with Gasteiger partial charge in [0.25, 0.3) is 0 Å². The molecule has 78 valence electrons. The van der Waals surface area contributed by atoms with Gasteiger partial charge in [0.05, 0.1) is 5.71 Å². The van der Waals surface area contributed by atoms with Gasteiger partial charge in [-0.3, -0.25) is 0 Å². The van der Waals surface area contributed by atoms with E-state index in [4.69, 9.17) is 0 Å². The Bertz CT molecular complexity index is 426. The van der Waals surface area contributed by atoms with Gasteiger partial charge in [0, 0.05) is 28.7 Å².